The molecule has 2 amide bonds. The van der Waals surface area contributed by atoms with Gasteiger partial charge in [-0.2, -0.15) is 0 Å². The summed E-state index contributed by atoms with van der Waals surface area (Å²) in [5.74, 6) is -0.127. The van der Waals surface area contributed by atoms with Gasteiger partial charge in [0, 0.05) is 59.5 Å². The fourth-order valence-electron chi connectivity index (χ4n) is 6.97. The monoisotopic (exact) mass is 749 g/mol. The van der Waals surface area contributed by atoms with E-state index in [2.05, 4.69) is 47.1 Å². The number of morpholine rings is 2. The minimum Gasteiger partial charge on any atom is -0.379 e. The van der Waals surface area contributed by atoms with Gasteiger partial charge in [0.1, 0.15) is 11.4 Å². The molecule has 7 aromatic rings. The van der Waals surface area contributed by atoms with Gasteiger partial charge in [0.2, 0.25) is 11.8 Å². The Balaban J connectivity index is 0.898. The number of fused-ring (bicyclic) bond motifs is 2. The predicted molar refractivity (Wildman–Crippen MR) is 212 cm³/mol. The number of aromatic nitrogens is 7. The third-order valence-electron chi connectivity index (χ3n) is 9.92. The molecule has 2 aliphatic rings. The number of anilines is 2. The zero-order chi connectivity index (χ0) is 37.8. The van der Waals surface area contributed by atoms with E-state index in [1.165, 1.54) is 0 Å². The molecule has 2 aliphatic heterocycles. The molecule has 9 rings (SSSR count). The Kier molecular flexibility index (Phi) is 9.94. The summed E-state index contributed by atoms with van der Waals surface area (Å²) in [4.78, 5) is 34.5. The average molecular weight is 750 g/mol. The molecule has 0 spiro atoms. The van der Waals surface area contributed by atoms with Crippen LogP contribution in [0.15, 0.2) is 103 Å². The van der Waals surface area contributed by atoms with Crippen molar-refractivity contribution in [3.63, 3.8) is 0 Å². The molecule has 0 unspecified atom stereocenters. The molecule has 56 heavy (non-hydrogen) atoms. The maximum atomic E-state index is 12.7. The van der Waals surface area contributed by atoms with Crippen LogP contribution >= 0.6 is 0 Å². The average Bonchev–Trinajstić information content (AvgIpc) is 3.93. The summed E-state index contributed by atoms with van der Waals surface area (Å²) >= 11 is 0. The number of carbonyl (C=O) groups is 2. The van der Waals surface area contributed by atoms with Crippen LogP contribution in [0.3, 0.4) is 0 Å². The molecule has 282 valence electrons. The number of benzene rings is 4. The number of carbonyl (C=O) groups excluding carboxylic acids is 2. The van der Waals surface area contributed by atoms with E-state index in [0.29, 0.717) is 62.3 Å². The van der Waals surface area contributed by atoms with Crippen LogP contribution < -0.4 is 10.6 Å². The van der Waals surface area contributed by atoms with Gasteiger partial charge < -0.3 is 20.1 Å². The van der Waals surface area contributed by atoms with E-state index in [4.69, 9.17) is 14.5 Å². The minimum absolute atomic E-state index is 0.0635. The standard InChI is InChI=1S/C41H39N11O4/c53-40(26-49-11-15-55-16-12-49)42-32-5-1-3-28(20-32)38-24-51(47-45-38)34-9-7-30-19-31-8-10-35(23-37(31)44-36(30)22-34)52-25-39(46-48-52)29-4-2-6-33(21-29)43-41(54)27-50-13-17-56-18-14-50/h1-10,19-25H,11-18,26-27H2,(H,42,53)(H,43,54). The van der Waals surface area contributed by atoms with Crippen LogP contribution in [-0.2, 0) is 19.1 Å². The van der Waals surface area contributed by atoms with Crippen LogP contribution in [0, 0.1) is 0 Å². The lowest BCUT2D eigenvalue weighted by Crippen LogP contribution is -2.41. The topological polar surface area (TPSA) is 157 Å². The van der Waals surface area contributed by atoms with Gasteiger partial charge in [-0.15, -0.1) is 10.2 Å². The Morgan fingerprint density at radius 3 is 1.50 bits per heavy atom. The quantitative estimate of drug-likeness (QED) is 0.191. The van der Waals surface area contributed by atoms with Crippen molar-refractivity contribution in [2.75, 3.05) is 76.3 Å². The first-order chi connectivity index (χ1) is 27.5. The normalized spacial score (nSPS) is 15.3. The molecule has 15 nitrogen and oxygen atoms in total. The second kappa shape index (κ2) is 15.8. The van der Waals surface area contributed by atoms with E-state index in [1.54, 1.807) is 9.36 Å². The molecule has 0 radical (unpaired) electrons. The van der Waals surface area contributed by atoms with Crippen molar-refractivity contribution in [3.05, 3.63) is 103 Å². The first-order valence-corrected chi connectivity index (χ1v) is 18.6. The zero-order valence-corrected chi connectivity index (χ0v) is 30.5. The van der Waals surface area contributed by atoms with E-state index in [9.17, 15) is 9.59 Å². The molecule has 15 heteroatoms. The molecular formula is C41H39N11O4. The van der Waals surface area contributed by atoms with Crippen molar-refractivity contribution in [2.45, 2.75) is 0 Å². The summed E-state index contributed by atoms with van der Waals surface area (Å²) in [5.41, 5.74) is 7.69. The van der Waals surface area contributed by atoms with E-state index in [0.717, 1.165) is 70.5 Å². The van der Waals surface area contributed by atoms with Gasteiger partial charge in [-0.05, 0) is 54.6 Å². The summed E-state index contributed by atoms with van der Waals surface area (Å²) in [7, 11) is 0. The second-order valence-corrected chi connectivity index (χ2v) is 13.9. The highest BCUT2D eigenvalue weighted by Crippen LogP contribution is 2.27. The summed E-state index contributed by atoms with van der Waals surface area (Å²) < 4.78 is 14.2. The number of hydrogen-bond donors (Lipinski definition) is 2. The maximum absolute atomic E-state index is 12.7. The zero-order valence-electron chi connectivity index (χ0n) is 30.5. The first-order valence-electron chi connectivity index (χ1n) is 18.6. The smallest absolute Gasteiger partial charge is 0.238 e. The maximum Gasteiger partial charge on any atom is 0.238 e. The number of nitrogens with one attached hydrogen (secondary N) is 2. The van der Waals surface area contributed by atoms with E-state index < -0.39 is 0 Å². The van der Waals surface area contributed by atoms with Crippen LogP contribution in [0.2, 0.25) is 0 Å². The second-order valence-electron chi connectivity index (χ2n) is 13.9. The number of hydrogen-bond acceptors (Lipinski definition) is 11. The molecule has 2 fully saturated rings. The number of nitrogens with zero attached hydrogens (tertiary/aromatic N) is 9. The lowest BCUT2D eigenvalue weighted by molar-refractivity contribution is -0.119. The Morgan fingerprint density at radius 1 is 0.571 bits per heavy atom. The molecule has 4 aromatic carbocycles. The highest BCUT2D eigenvalue weighted by molar-refractivity contribution is 5.95. The van der Waals surface area contributed by atoms with Gasteiger partial charge in [-0.25, -0.2) is 14.3 Å². The Bertz CT molecular complexity index is 2370. The molecule has 0 aliphatic carbocycles. The SMILES string of the molecule is O=C(CN1CCOCC1)Nc1cccc(-c2cn(-c3ccc4cc5ccc(-n6cc(-c7cccc(NC(=O)CN8CCOCC8)c7)nn6)cc5nc4c3)nn2)c1. The van der Waals surface area contributed by atoms with Crippen LogP contribution in [0.5, 0.6) is 0 Å². The molecular weight excluding hydrogens is 711 g/mol. The molecule has 2 N–H and O–H groups in total. The Labute approximate surface area is 321 Å². The summed E-state index contributed by atoms with van der Waals surface area (Å²) in [6.45, 7) is 6.23. The largest absolute Gasteiger partial charge is 0.379 e. The lowest BCUT2D eigenvalue weighted by atomic mass is 10.1. The van der Waals surface area contributed by atoms with Crippen molar-refractivity contribution in [3.8, 4) is 33.9 Å². The Morgan fingerprint density at radius 2 is 1.04 bits per heavy atom. The van der Waals surface area contributed by atoms with Gasteiger partial charge >= 0.3 is 0 Å². The molecule has 0 bridgehead atoms. The Hall–Kier alpha value is -6.39. The highest BCUT2D eigenvalue weighted by Gasteiger charge is 2.17. The van der Waals surface area contributed by atoms with Crippen molar-refractivity contribution in [2.24, 2.45) is 0 Å². The van der Waals surface area contributed by atoms with E-state index in [1.807, 2.05) is 97.3 Å². The molecule has 5 heterocycles. The van der Waals surface area contributed by atoms with E-state index in [-0.39, 0.29) is 11.8 Å². The number of ether oxygens (including phenoxy) is 2. The predicted octanol–water partition coefficient (Wildman–Crippen LogP) is 4.42. The minimum atomic E-state index is -0.0635. The van der Waals surface area contributed by atoms with Crippen LogP contribution in [0.1, 0.15) is 0 Å². The van der Waals surface area contributed by atoms with Crippen molar-refractivity contribution in [1.82, 2.24) is 44.8 Å². The van der Waals surface area contributed by atoms with Crippen LogP contribution in [0.25, 0.3) is 55.7 Å². The first kappa shape index (κ1) is 35.3. The number of rotatable bonds is 10. The third-order valence-corrected chi connectivity index (χ3v) is 9.92. The number of amides is 2. The highest BCUT2D eigenvalue weighted by atomic mass is 16.5. The lowest BCUT2D eigenvalue weighted by Gasteiger charge is -2.25. The fraction of sp³-hybridized carbons (Fsp3) is 0.244. The van der Waals surface area contributed by atoms with Crippen LogP contribution in [-0.4, -0.2) is 122 Å². The van der Waals surface area contributed by atoms with Crippen molar-refractivity contribution in [1.29, 1.82) is 0 Å². The summed E-state index contributed by atoms with van der Waals surface area (Å²) in [5, 5.41) is 25.7. The van der Waals surface area contributed by atoms with Gasteiger partial charge in [0.25, 0.3) is 0 Å². The van der Waals surface area contributed by atoms with Crippen LogP contribution in [0.4, 0.5) is 11.4 Å². The summed E-state index contributed by atoms with van der Waals surface area (Å²) in [6, 6.07) is 29.4. The van der Waals surface area contributed by atoms with Gasteiger partial charge in [-0.1, -0.05) is 46.8 Å². The van der Waals surface area contributed by atoms with Gasteiger partial charge in [-0.3, -0.25) is 19.4 Å². The van der Waals surface area contributed by atoms with Crippen molar-refractivity contribution < 1.29 is 19.1 Å². The van der Waals surface area contributed by atoms with E-state index >= 15 is 0 Å². The van der Waals surface area contributed by atoms with Gasteiger partial charge in [0.15, 0.2) is 0 Å². The molecule has 0 saturated carbocycles. The number of pyridine rings is 1. The third kappa shape index (κ3) is 8.01. The van der Waals surface area contributed by atoms with Crippen molar-refractivity contribution >= 4 is 45.0 Å². The summed E-state index contributed by atoms with van der Waals surface area (Å²) in [6.07, 6.45) is 3.73. The molecule has 3 aromatic heterocycles. The molecule has 0 atom stereocenters. The van der Waals surface area contributed by atoms with Gasteiger partial charge in [0.05, 0.1) is 74.3 Å². The molecule has 2 saturated heterocycles. The fourth-order valence-corrected chi connectivity index (χ4v) is 6.97.